The molecule has 0 radical (unpaired) electrons. The molecule has 1 aliphatic heterocycles. The van der Waals surface area contributed by atoms with E-state index < -0.39 is 0 Å². The van der Waals surface area contributed by atoms with Crippen LogP contribution in [0.2, 0.25) is 5.02 Å². The quantitative estimate of drug-likeness (QED) is 0.936. The smallest absolute Gasteiger partial charge is 0.232 e. The van der Waals surface area contributed by atoms with Crippen molar-refractivity contribution in [3.63, 3.8) is 0 Å². The average Bonchev–Trinajstić information content (AvgIpc) is 2.76. The molecule has 2 aromatic carbocycles. The summed E-state index contributed by atoms with van der Waals surface area (Å²) in [6.07, 6.45) is 0.632. The van der Waals surface area contributed by atoms with Crippen LogP contribution in [0.3, 0.4) is 0 Å². The number of amides is 1. The maximum Gasteiger partial charge on any atom is 0.232 e. The minimum absolute atomic E-state index is 0.0399. The fourth-order valence-corrected chi connectivity index (χ4v) is 2.83. The van der Waals surface area contributed by atoms with Crippen molar-refractivity contribution in [2.75, 3.05) is 12.4 Å². The highest BCUT2D eigenvalue weighted by atomic mass is 35.5. The first-order valence-corrected chi connectivity index (χ1v) is 6.79. The molecule has 1 atom stereocenters. The molecular formula is C16H14ClNO2. The van der Waals surface area contributed by atoms with Gasteiger partial charge in [0, 0.05) is 5.69 Å². The summed E-state index contributed by atoms with van der Waals surface area (Å²) in [7, 11) is 1.58. The van der Waals surface area contributed by atoms with Crippen LogP contribution in [-0.4, -0.2) is 13.0 Å². The number of ether oxygens (including phenoxy) is 1. The van der Waals surface area contributed by atoms with Crippen molar-refractivity contribution in [1.82, 2.24) is 0 Å². The lowest BCUT2D eigenvalue weighted by atomic mass is 9.93. The van der Waals surface area contributed by atoms with Gasteiger partial charge in [-0.1, -0.05) is 35.9 Å². The lowest BCUT2D eigenvalue weighted by Gasteiger charge is -2.10. The van der Waals surface area contributed by atoms with E-state index in [2.05, 4.69) is 5.32 Å². The number of methoxy groups -OCH3 is 1. The van der Waals surface area contributed by atoms with Crippen LogP contribution >= 0.6 is 11.6 Å². The predicted octanol–water partition coefficient (Wildman–Crippen LogP) is 3.63. The number of rotatable bonds is 3. The summed E-state index contributed by atoms with van der Waals surface area (Å²) in [5.41, 5.74) is 2.97. The van der Waals surface area contributed by atoms with Crippen molar-refractivity contribution >= 4 is 23.2 Å². The second-order valence-corrected chi connectivity index (χ2v) is 5.21. The highest BCUT2D eigenvalue weighted by Crippen LogP contribution is 2.35. The number of hydrogen-bond donors (Lipinski definition) is 1. The fraction of sp³-hybridized carbons (Fsp3) is 0.188. The number of carbonyl (C=O) groups excluding carboxylic acids is 1. The zero-order valence-electron chi connectivity index (χ0n) is 11.0. The Morgan fingerprint density at radius 1 is 1.25 bits per heavy atom. The molecule has 0 saturated carbocycles. The monoisotopic (exact) mass is 287 g/mol. The van der Waals surface area contributed by atoms with Crippen LogP contribution in [0.4, 0.5) is 5.69 Å². The number of fused-ring (bicyclic) bond motifs is 1. The van der Waals surface area contributed by atoms with E-state index in [1.54, 1.807) is 7.11 Å². The largest absolute Gasteiger partial charge is 0.495 e. The molecule has 1 N–H and O–H groups in total. The zero-order valence-corrected chi connectivity index (χ0v) is 11.8. The van der Waals surface area contributed by atoms with Crippen molar-refractivity contribution < 1.29 is 9.53 Å². The van der Waals surface area contributed by atoms with E-state index in [4.69, 9.17) is 16.3 Å². The van der Waals surface area contributed by atoms with E-state index in [9.17, 15) is 4.79 Å². The fourth-order valence-electron chi connectivity index (χ4n) is 2.55. The number of anilines is 1. The van der Waals surface area contributed by atoms with Crippen molar-refractivity contribution in [3.05, 3.63) is 58.6 Å². The van der Waals surface area contributed by atoms with Crippen molar-refractivity contribution in [1.29, 1.82) is 0 Å². The van der Waals surface area contributed by atoms with Gasteiger partial charge < -0.3 is 10.1 Å². The van der Waals surface area contributed by atoms with E-state index in [1.165, 1.54) is 0 Å². The third kappa shape index (κ3) is 2.25. The van der Waals surface area contributed by atoms with Crippen LogP contribution in [0.5, 0.6) is 5.75 Å². The third-order valence-electron chi connectivity index (χ3n) is 3.57. The maximum atomic E-state index is 12.1. The molecule has 0 fully saturated rings. The Labute approximate surface area is 122 Å². The number of carbonyl (C=O) groups is 1. The first-order valence-electron chi connectivity index (χ1n) is 6.41. The molecule has 0 aliphatic carbocycles. The average molecular weight is 288 g/mol. The van der Waals surface area contributed by atoms with Gasteiger partial charge in [-0.3, -0.25) is 4.79 Å². The second kappa shape index (κ2) is 5.17. The van der Waals surface area contributed by atoms with Crippen LogP contribution in [0, 0.1) is 0 Å². The summed E-state index contributed by atoms with van der Waals surface area (Å²) < 4.78 is 5.14. The van der Waals surface area contributed by atoms with Gasteiger partial charge in [-0.25, -0.2) is 0 Å². The first-order chi connectivity index (χ1) is 9.69. The van der Waals surface area contributed by atoms with Crippen LogP contribution < -0.4 is 10.1 Å². The van der Waals surface area contributed by atoms with Gasteiger partial charge in [-0.05, 0) is 35.7 Å². The van der Waals surface area contributed by atoms with Crippen LogP contribution in [0.15, 0.2) is 42.5 Å². The molecule has 3 rings (SSSR count). The van der Waals surface area contributed by atoms with Gasteiger partial charge in [-0.15, -0.1) is 0 Å². The molecule has 3 nitrogen and oxygen atoms in total. The standard InChI is InChI=1S/C16H14ClNO2/c1-20-15-7-6-10(9-13(15)17)8-12-11-4-2-3-5-14(11)18-16(12)19/h2-7,9,12H,8H2,1H3,(H,18,19)/t12-/m0/s1. The summed E-state index contributed by atoms with van der Waals surface area (Å²) in [4.78, 5) is 12.1. The normalized spacial score (nSPS) is 16.7. The minimum Gasteiger partial charge on any atom is -0.495 e. The van der Waals surface area contributed by atoms with E-state index in [1.807, 2.05) is 42.5 Å². The lowest BCUT2D eigenvalue weighted by molar-refractivity contribution is -0.117. The summed E-state index contributed by atoms with van der Waals surface area (Å²) >= 11 is 6.13. The van der Waals surface area contributed by atoms with Gasteiger partial charge in [0.1, 0.15) is 5.75 Å². The topological polar surface area (TPSA) is 38.3 Å². The molecular weight excluding hydrogens is 274 g/mol. The van der Waals surface area contributed by atoms with Crippen LogP contribution in [0.25, 0.3) is 0 Å². The van der Waals surface area contributed by atoms with Crippen molar-refractivity contribution in [2.45, 2.75) is 12.3 Å². The van der Waals surface area contributed by atoms with Gasteiger partial charge in [0.2, 0.25) is 5.91 Å². The van der Waals surface area contributed by atoms with E-state index in [0.29, 0.717) is 17.2 Å². The SMILES string of the molecule is COc1ccc(C[C@@H]2C(=O)Nc3ccccc32)cc1Cl. The first kappa shape index (κ1) is 13.0. The summed E-state index contributed by atoms with van der Waals surface area (Å²) in [6.45, 7) is 0. The molecule has 0 bridgehead atoms. The number of benzene rings is 2. The van der Waals surface area contributed by atoms with Gasteiger partial charge in [0.25, 0.3) is 0 Å². The molecule has 1 heterocycles. The second-order valence-electron chi connectivity index (χ2n) is 4.80. The zero-order chi connectivity index (χ0) is 14.1. The third-order valence-corrected chi connectivity index (χ3v) is 3.86. The Balaban J connectivity index is 1.88. The Morgan fingerprint density at radius 2 is 2.05 bits per heavy atom. The molecule has 0 aromatic heterocycles. The molecule has 102 valence electrons. The van der Waals surface area contributed by atoms with Crippen LogP contribution in [-0.2, 0) is 11.2 Å². The molecule has 0 spiro atoms. The van der Waals surface area contributed by atoms with Crippen LogP contribution in [0.1, 0.15) is 17.0 Å². The molecule has 0 saturated heterocycles. The Bertz CT molecular complexity index is 669. The van der Waals surface area contributed by atoms with Crippen molar-refractivity contribution in [2.24, 2.45) is 0 Å². The highest BCUT2D eigenvalue weighted by Gasteiger charge is 2.30. The summed E-state index contributed by atoms with van der Waals surface area (Å²) in [5.74, 6) is 0.528. The van der Waals surface area contributed by atoms with Gasteiger partial charge in [0.15, 0.2) is 0 Å². The van der Waals surface area contributed by atoms with E-state index in [0.717, 1.165) is 16.8 Å². The van der Waals surface area contributed by atoms with Gasteiger partial charge in [-0.2, -0.15) is 0 Å². The molecule has 0 unspecified atom stereocenters. The molecule has 1 aliphatic rings. The molecule has 20 heavy (non-hydrogen) atoms. The van der Waals surface area contributed by atoms with Gasteiger partial charge >= 0.3 is 0 Å². The summed E-state index contributed by atoms with van der Waals surface area (Å²) in [6, 6.07) is 13.4. The van der Waals surface area contributed by atoms with Crippen molar-refractivity contribution in [3.8, 4) is 5.75 Å². The number of halogens is 1. The minimum atomic E-state index is -0.157. The van der Waals surface area contributed by atoms with Gasteiger partial charge in [0.05, 0.1) is 18.1 Å². The maximum absolute atomic E-state index is 12.1. The number of hydrogen-bond acceptors (Lipinski definition) is 2. The van der Waals surface area contributed by atoms with E-state index in [-0.39, 0.29) is 11.8 Å². The molecule has 4 heteroatoms. The Hall–Kier alpha value is -2.00. The number of para-hydroxylation sites is 1. The Kier molecular flexibility index (Phi) is 3.36. The summed E-state index contributed by atoms with van der Waals surface area (Å²) in [5, 5.41) is 3.47. The number of nitrogens with one attached hydrogen (secondary N) is 1. The molecule has 2 aromatic rings. The highest BCUT2D eigenvalue weighted by molar-refractivity contribution is 6.32. The van der Waals surface area contributed by atoms with E-state index >= 15 is 0 Å². The Morgan fingerprint density at radius 3 is 2.80 bits per heavy atom. The lowest BCUT2D eigenvalue weighted by Crippen LogP contribution is -2.14. The predicted molar refractivity (Wildman–Crippen MR) is 79.5 cm³/mol. The molecule has 1 amide bonds.